The Morgan fingerprint density at radius 1 is 0.974 bits per heavy atom. The van der Waals surface area contributed by atoms with Crippen LogP contribution in [0.1, 0.15) is 137 Å². The number of cyclic esters (lactones) is 1. The van der Waals surface area contributed by atoms with Crippen molar-refractivity contribution in [1.29, 1.82) is 0 Å². The van der Waals surface area contributed by atoms with Gasteiger partial charge in [-0.25, -0.2) is 17.5 Å². The monoisotopic (exact) mass is 1110 g/mol. The van der Waals surface area contributed by atoms with Gasteiger partial charge in [-0.1, -0.05) is 70.2 Å². The molecule has 5 N–H and O–H groups in total. The Labute approximate surface area is 456 Å². The highest BCUT2D eigenvalue weighted by Gasteiger charge is 2.52. The molecule has 0 bridgehead atoms. The van der Waals surface area contributed by atoms with Crippen molar-refractivity contribution in [3.05, 3.63) is 53.4 Å². The number of sulfone groups is 1. The summed E-state index contributed by atoms with van der Waals surface area (Å²) in [7, 11) is 2.15. The number of carbonyl (C=O) groups excluding carboxylic acids is 1. The SMILES string of the molecule is CC[C@H]1OC(=O)[C@H](C)[C@@H](O[C@H]2CC(C)(C)[C@@H](O)[C@H](C)O2)[C@H](C)[C@@H](O[C@@H]2O[C@H](C)C[C@H](N(C)CCc3cn([C@H](CF)[C@H](OC)c4ccc(C5=CCS(=O)(=O)CC5)cc4)nn3)[C@H]2O)[C@](C)(O)C[C@@H](C)CN(C)[C@H](C)[C@@H](O)[C@]1(C)O. The number of carbonyl (C=O) groups is 1. The molecule has 77 heavy (non-hydrogen) atoms. The number of esters is 1. The number of aliphatic hydroxyl groups excluding tert-OH is 3. The predicted molar refractivity (Wildman–Crippen MR) is 288 cm³/mol. The standard InChI is InChI=1S/C56H92FN5O14S/c1-15-44-56(11,68)49(64)36(6)61(13)30-32(2)27-55(10,67)51(34(4)47(35(5)52(66)74-44)75-45-28-54(8,9)50(65)37(7)73-45)76-53-46(63)42(26-33(3)72-53)60(12)23-20-41-31-62(59-58-41)43(29-57)48(71-14)40-18-16-38(17-19-40)39-21-24-77(69,70)25-22-39/h16-19,21,31-37,42-51,53,63-65,67-68H,15,20,22-30H2,1-14H3/t32-,33-,34+,35-,36-,37+,42+,43-,44-,45+,46-,47+,48-,49-,50+,51-,53+,55-,56-/m1/s1. The molecule has 0 unspecified atom stereocenters. The topological polar surface area (TPSA) is 245 Å². The maximum atomic E-state index is 15.0. The van der Waals surface area contributed by atoms with Gasteiger partial charge in [-0.15, -0.1) is 5.10 Å². The van der Waals surface area contributed by atoms with Gasteiger partial charge in [0.25, 0.3) is 0 Å². The van der Waals surface area contributed by atoms with E-state index in [9.17, 15) is 43.1 Å². The van der Waals surface area contributed by atoms with Crippen LogP contribution in [0, 0.1) is 23.2 Å². The van der Waals surface area contributed by atoms with Crippen molar-refractivity contribution in [3.8, 4) is 0 Å². The van der Waals surface area contributed by atoms with Gasteiger partial charge in [0.15, 0.2) is 22.4 Å². The maximum Gasteiger partial charge on any atom is 0.311 e. The molecule has 438 valence electrons. The molecule has 6 rings (SSSR count). The Balaban J connectivity index is 1.23. The summed E-state index contributed by atoms with van der Waals surface area (Å²) < 4.78 is 78.8. The lowest BCUT2D eigenvalue weighted by Crippen LogP contribution is -2.60. The number of hydrogen-bond donors (Lipinski definition) is 5. The average molecular weight is 1110 g/mol. The molecule has 1 aromatic heterocycles. The zero-order valence-electron chi connectivity index (χ0n) is 48.0. The van der Waals surface area contributed by atoms with E-state index in [2.05, 4.69) is 10.3 Å². The maximum absolute atomic E-state index is 15.0. The van der Waals surface area contributed by atoms with E-state index in [0.29, 0.717) is 38.0 Å². The molecule has 2 aromatic rings. The van der Waals surface area contributed by atoms with Crippen molar-refractivity contribution < 1.29 is 71.6 Å². The third kappa shape index (κ3) is 14.9. The van der Waals surface area contributed by atoms with E-state index in [1.807, 2.05) is 82.8 Å². The predicted octanol–water partition coefficient (Wildman–Crippen LogP) is 4.83. The van der Waals surface area contributed by atoms with Crippen LogP contribution in [0.3, 0.4) is 0 Å². The number of aliphatic hydroxyl groups is 5. The molecule has 3 saturated heterocycles. The summed E-state index contributed by atoms with van der Waals surface area (Å²) in [6.45, 7) is 19.6. The number of ether oxygens (including phenoxy) is 6. The first-order valence-corrected chi connectivity index (χ1v) is 29.5. The molecule has 0 amide bonds. The van der Waals surface area contributed by atoms with E-state index in [-0.39, 0.29) is 36.7 Å². The number of allylic oxidation sites excluding steroid dienone is 1. The minimum Gasteiger partial charge on any atom is -0.459 e. The summed E-state index contributed by atoms with van der Waals surface area (Å²) in [4.78, 5) is 18.4. The second-order valence-corrected chi connectivity index (χ2v) is 26.4. The molecular weight excluding hydrogens is 1020 g/mol. The van der Waals surface area contributed by atoms with Crippen LogP contribution in [0.4, 0.5) is 4.39 Å². The fraction of sp³-hybridized carbons (Fsp3) is 0.804. The van der Waals surface area contributed by atoms with Gasteiger partial charge in [0.2, 0.25) is 0 Å². The quantitative estimate of drug-likeness (QED) is 0.150. The Hall–Kier alpha value is -3.03. The first kappa shape index (κ1) is 63.2. The number of halogens is 1. The lowest BCUT2D eigenvalue weighted by atomic mass is 9.77. The molecule has 19 atom stereocenters. The van der Waals surface area contributed by atoms with Crippen LogP contribution in [0.15, 0.2) is 36.5 Å². The fourth-order valence-corrected chi connectivity index (χ4v) is 13.5. The number of hydrogen-bond acceptors (Lipinski definition) is 18. The number of benzene rings is 1. The van der Waals surface area contributed by atoms with Crippen molar-refractivity contribution in [2.45, 2.75) is 212 Å². The first-order valence-electron chi connectivity index (χ1n) is 27.7. The molecule has 0 spiro atoms. The summed E-state index contributed by atoms with van der Waals surface area (Å²) in [5, 5.41) is 68.5. The van der Waals surface area contributed by atoms with Gasteiger partial charge in [0.05, 0.1) is 59.2 Å². The minimum atomic E-state index is -3.07. The average Bonchev–Trinajstić information content (AvgIpc) is 3.84. The van der Waals surface area contributed by atoms with E-state index in [1.54, 1.807) is 46.9 Å². The largest absolute Gasteiger partial charge is 0.459 e. The van der Waals surface area contributed by atoms with E-state index in [4.69, 9.17) is 28.4 Å². The molecule has 1 aromatic carbocycles. The van der Waals surface area contributed by atoms with Crippen LogP contribution < -0.4 is 0 Å². The third-order valence-electron chi connectivity index (χ3n) is 17.2. The molecule has 4 aliphatic heterocycles. The smallest absolute Gasteiger partial charge is 0.311 e. The zero-order valence-corrected chi connectivity index (χ0v) is 48.8. The summed E-state index contributed by atoms with van der Waals surface area (Å²) in [5.41, 5.74) is -0.957. The highest BCUT2D eigenvalue weighted by molar-refractivity contribution is 7.91. The van der Waals surface area contributed by atoms with Crippen LogP contribution in [-0.2, 0) is 49.5 Å². The Bertz CT molecular complexity index is 2370. The Kier molecular flexibility index (Phi) is 21.2. The number of aromatic nitrogens is 3. The summed E-state index contributed by atoms with van der Waals surface area (Å²) in [6, 6.07) is 5.58. The van der Waals surface area contributed by atoms with Crippen LogP contribution in [0.25, 0.3) is 5.57 Å². The number of rotatable bonds is 15. The van der Waals surface area contributed by atoms with E-state index < -0.39 is 137 Å². The van der Waals surface area contributed by atoms with Crippen molar-refractivity contribution in [2.24, 2.45) is 23.2 Å². The van der Waals surface area contributed by atoms with Gasteiger partial charge in [-0.3, -0.25) is 4.79 Å². The van der Waals surface area contributed by atoms with Gasteiger partial charge < -0.3 is 63.8 Å². The van der Waals surface area contributed by atoms with Crippen molar-refractivity contribution in [2.75, 3.05) is 52.5 Å². The molecule has 4 aliphatic rings. The molecule has 0 aliphatic carbocycles. The van der Waals surface area contributed by atoms with E-state index >= 15 is 0 Å². The molecule has 19 nitrogen and oxygen atoms in total. The number of methoxy groups -OCH3 is 1. The lowest BCUT2D eigenvalue weighted by Gasteiger charge is -2.49. The minimum absolute atomic E-state index is 0.00776. The molecular formula is C56H92FN5O14S. The van der Waals surface area contributed by atoms with Crippen LogP contribution in [0.5, 0.6) is 0 Å². The number of alkyl halides is 1. The van der Waals surface area contributed by atoms with Crippen molar-refractivity contribution in [1.82, 2.24) is 24.8 Å². The molecule has 5 heterocycles. The molecule has 0 saturated carbocycles. The summed E-state index contributed by atoms with van der Waals surface area (Å²) in [5.74, 6) is -2.69. The van der Waals surface area contributed by atoms with E-state index in [0.717, 1.165) is 16.7 Å². The molecule has 3 fully saturated rings. The third-order valence-corrected chi connectivity index (χ3v) is 18.7. The first-order chi connectivity index (χ1) is 35.9. The lowest BCUT2D eigenvalue weighted by molar-refractivity contribution is -0.312. The van der Waals surface area contributed by atoms with Gasteiger partial charge in [0, 0.05) is 57.2 Å². The second kappa shape index (κ2) is 25.8. The number of nitrogens with zero attached hydrogens (tertiary/aromatic N) is 5. The highest BCUT2D eigenvalue weighted by Crippen LogP contribution is 2.42. The van der Waals surface area contributed by atoms with Gasteiger partial charge >= 0.3 is 5.97 Å². The Morgan fingerprint density at radius 2 is 1.65 bits per heavy atom. The summed E-state index contributed by atoms with van der Waals surface area (Å²) in [6.07, 6.45) is -5.22. The zero-order chi connectivity index (χ0) is 57.1. The Morgan fingerprint density at radius 3 is 2.25 bits per heavy atom. The molecule has 0 radical (unpaired) electrons. The van der Waals surface area contributed by atoms with Crippen LogP contribution in [0.2, 0.25) is 0 Å². The van der Waals surface area contributed by atoms with Crippen molar-refractivity contribution >= 4 is 21.4 Å². The summed E-state index contributed by atoms with van der Waals surface area (Å²) >= 11 is 0. The van der Waals surface area contributed by atoms with Gasteiger partial charge in [-0.05, 0) is 109 Å². The van der Waals surface area contributed by atoms with Gasteiger partial charge in [0.1, 0.15) is 42.7 Å². The normalized spacial score (nSPS) is 38.7. The van der Waals surface area contributed by atoms with E-state index in [1.165, 1.54) is 18.7 Å². The highest BCUT2D eigenvalue weighted by atomic mass is 32.2. The fourth-order valence-electron chi connectivity index (χ4n) is 12.4. The van der Waals surface area contributed by atoms with Crippen LogP contribution in [-0.4, -0.2) is 202 Å². The van der Waals surface area contributed by atoms with Crippen molar-refractivity contribution in [3.63, 3.8) is 0 Å². The van der Waals surface area contributed by atoms with Crippen LogP contribution >= 0.6 is 0 Å². The van der Waals surface area contributed by atoms with Gasteiger partial charge in [-0.2, -0.15) is 0 Å². The number of likely N-dealkylation sites (N-methyl/N-ethyl adjacent to an activating group) is 2. The second-order valence-electron chi connectivity index (χ2n) is 24.2. The molecule has 21 heteroatoms.